The van der Waals surface area contributed by atoms with Gasteiger partial charge in [0.25, 0.3) is 0 Å². The van der Waals surface area contributed by atoms with E-state index in [1.54, 1.807) is 4.31 Å². The third-order valence-corrected chi connectivity index (χ3v) is 9.15. The second-order valence-corrected chi connectivity index (χ2v) is 12.2. The molecule has 194 valence electrons. The highest BCUT2D eigenvalue weighted by Gasteiger charge is 2.26. The van der Waals surface area contributed by atoms with Crippen molar-refractivity contribution >= 4 is 26.7 Å². The molecule has 0 radical (unpaired) electrons. The van der Waals surface area contributed by atoms with Gasteiger partial charge in [-0.2, -0.15) is 4.37 Å². The van der Waals surface area contributed by atoms with Crippen molar-refractivity contribution in [1.29, 1.82) is 0 Å². The molecule has 0 bridgehead atoms. The molecule has 1 saturated heterocycles. The van der Waals surface area contributed by atoms with Crippen LogP contribution in [0.3, 0.4) is 0 Å². The maximum Gasteiger partial charge on any atom is 0.214 e. The first-order chi connectivity index (χ1) is 17.4. The van der Waals surface area contributed by atoms with Crippen LogP contribution < -0.4 is 9.64 Å². The van der Waals surface area contributed by atoms with E-state index in [-0.39, 0.29) is 5.75 Å². The van der Waals surface area contributed by atoms with Crippen LogP contribution in [0.15, 0.2) is 48.5 Å². The Morgan fingerprint density at radius 2 is 1.64 bits per heavy atom. The van der Waals surface area contributed by atoms with Crippen molar-refractivity contribution in [2.45, 2.75) is 52.4 Å². The summed E-state index contributed by atoms with van der Waals surface area (Å²) in [5.74, 6) is 2.65. The van der Waals surface area contributed by atoms with Gasteiger partial charge < -0.3 is 9.64 Å². The maximum atomic E-state index is 12.8. The molecule has 36 heavy (non-hydrogen) atoms. The van der Waals surface area contributed by atoms with Crippen molar-refractivity contribution in [2.24, 2.45) is 0 Å². The van der Waals surface area contributed by atoms with Crippen molar-refractivity contribution in [3.63, 3.8) is 0 Å². The summed E-state index contributed by atoms with van der Waals surface area (Å²) < 4.78 is 37.7. The summed E-state index contributed by atoms with van der Waals surface area (Å²) in [7, 11) is -3.19. The van der Waals surface area contributed by atoms with E-state index in [1.807, 2.05) is 48.5 Å². The number of benzene rings is 2. The minimum atomic E-state index is -3.19. The third-order valence-electron chi connectivity index (χ3n) is 6.37. The summed E-state index contributed by atoms with van der Waals surface area (Å²) in [6.07, 6.45) is 5.37. The first kappa shape index (κ1) is 26.6. The number of ether oxygens (including phenoxy) is 1. The summed E-state index contributed by atoms with van der Waals surface area (Å²) in [6, 6.07) is 16.0. The lowest BCUT2D eigenvalue weighted by Gasteiger charge is -2.21. The van der Waals surface area contributed by atoms with Gasteiger partial charge in [0.05, 0.1) is 5.75 Å². The maximum absolute atomic E-state index is 12.8. The lowest BCUT2D eigenvalue weighted by atomic mass is 10.1. The minimum Gasteiger partial charge on any atom is -0.457 e. The molecule has 1 aromatic heterocycles. The predicted octanol–water partition coefficient (Wildman–Crippen LogP) is 5.65. The summed E-state index contributed by atoms with van der Waals surface area (Å²) in [6.45, 7) is 6.71. The number of anilines is 1. The van der Waals surface area contributed by atoms with Crippen LogP contribution in [0.2, 0.25) is 0 Å². The van der Waals surface area contributed by atoms with Gasteiger partial charge in [-0.05, 0) is 49.6 Å². The van der Waals surface area contributed by atoms with Crippen LogP contribution in [-0.2, 0) is 16.4 Å². The van der Waals surface area contributed by atoms with E-state index in [4.69, 9.17) is 9.72 Å². The van der Waals surface area contributed by atoms with E-state index in [0.717, 1.165) is 66.7 Å². The standard InChI is InChI=1S/C27H36N4O3S2/c1-3-4-5-6-20-36(32,33)31-17-7-16-30(18-19-31)27-28-26(29-35-27)21-23-10-14-25(15-11-23)34-24-12-8-22(2)9-13-24/h8-15H,3-7,16-21H2,1-2H3. The van der Waals surface area contributed by atoms with E-state index < -0.39 is 10.0 Å². The quantitative estimate of drug-likeness (QED) is 0.299. The van der Waals surface area contributed by atoms with Crippen molar-refractivity contribution in [3.05, 3.63) is 65.5 Å². The number of aromatic nitrogens is 2. The largest absolute Gasteiger partial charge is 0.457 e. The fourth-order valence-corrected chi connectivity index (χ4v) is 6.58. The normalized spacial score (nSPS) is 15.1. The van der Waals surface area contributed by atoms with Gasteiger partial charge >= 0.3 is 0 Å². The predicted molar refractivity (Wildman–Crippen MR) is 147 cm³/mol. The molecule has 1 aliphatic rings. The van der Waals surface area contributed by atoms with Crippen LogP contribution >= 0.6 is 11.5 Å². The molecule has 3 aromatic rings. The lowest BCUT2D eigenvalue weighted by Crippen LogP contribution is -2.36. The molecule has 0 saturated carbocycles. The fraction of sp³-hybridized carbons (Fsp3) is 0.481. The first-order valence-corrected chi connectivity index (χ1v) is 15.2. The van der Waals surface area contributed by atoms with E-state index in [1.165, 1.54) is 17.1 Å². The molecule has 1 fully saturated rings. The third kappa shape index (κ3) is 7.51. The molecule has 9 heteroatoms. The average Bonchev–Trinajstić information content (AvgIpc) is 3.18. The minimum absolute atomic E-state index is 0.255. The van der Waals surface area contributed by atoms with Crippen LogP contribution in [0.25, 0.3) is 0 Å². The number of hydrogen-bond acceptors (Lipinski definition) is 7. The Bertz CT molecular complexity index is 1190. The molecule has 0 aliphatic carbocycles. The highest BCUT2D eigenvalue weighted by molar-refractivity contribution is 7.89. The molecule has 2 heterocycles. The van der Waals surface area contributed by atoms with Gasteiger partial charge in [0.1, 0.15) is 17.3 Å². The Morgan fingerprint density at radius 3 is 2.36 bits per heavy atom. The molecule has 0 atom stereocenters. The average molecular weight is 529 g/mol. The number of nitrogens with zero attached hydrogens (tertiary/aromatic N) is 4. The zero-order valence-electron chi connectivity index (χ0n) is 21.2. The Morgan fingerprint density at radius 1 is 0.917 bits per heavy atom. The number of hydrogen-bond donors (Lipinski definition) is 0. The van der Waals surface area contributed by atoms with Crippen molar-refractivity contribution < 1.29 is 13.2 Å². The Kier molecular flexibility index (Phi) is 9.34. The summed E-state index contributed by atoms with van der Waals surface area (Å²) >= 11 is 1.39. The monoisotopic (exact) mass is 528 g/mol. The molecule has 0 unspecified atom stereocenters. The summed E-state index contributed by atoms with van der Waals surface area (Å²) in [5.41, 5.74) is 2.32. The number of sulfonamides is 1. The van der Waals surface area contributed by atoms with Crippen LogP contribution in [0.1, 0.15) is 56.0 Å². The van der Waals surface area contributed by atoms with Gasteiger partial charge in [-0.25, -0.2) is 17.7 Å². The van der Waals surface area contributed by atoms with Crippen LogP contribution in [0.5, 0.6) is 11.5 Å². The number of aryl methyl sites for hydroxylation is 1. The van der Waals surface area contributed by atoms with Crippen molar-refractivity contribution in [3.8, 4) is 11.5 Å². The van der Waals surface area contributed by atoms with E-state index in [0.29, 0.717) is 26.1 Å². The molecule has 4 rings (SSSR count). The zero-order chi connectivity index (χ0) is 25.4. The van der Waals surface area contributed by atoms with Crippen LogP contribution in [-0.4, -0.2) is 54.0 Å². The summed E-state index contributed by atoms with van der Waals surface area (Å²) in [4.78, 5) is 6.93. The van der Waals surface area contributed by atoms with E-state index in [9.17, 15) is 8.42 Å². The van der Waals surface area contributed by atoms with Gasteiger partial charge in [-0.3, -0.25) is 0 Å². The van der Waals surface area contributed by atoms with Gasteiger partial charge in [0.15, 0.2) is 0 Å². The second-order valence-electron chi connectivity index (χ2n) is 9.35. The topological polar surface area (TPSA) is 75.6 Å². The summed E-state index contributed by atoms with van der Waals surface area (Å²) in [5, 5.41) is 0.867. The van der Waals surface area contributed by atoms with Gasteiger partial charge in [0, 0.05) is 44.1 Å². The lowest BCUT2D eigenvalue weighted by molar-refractivity contribution is 0.431. The molecular formula is C27H36N4O3S2. The molecule has 0 spiro atoms. The Hall–Kier alpha value is -2.49. The van der Waals surface area contributed by atoms with Crippen molar-refractivity contribution in [2.75, 3.05) is 36.8 Å². The molecule has 0 amide bonds. The SMILES string of the molecule is CCCCCCS(=O)(=O)N1CCCN(c2nc(Cc3ccc(Oc4ccc(C)cc4)cc3)ns2)CC1. The van der Waals surface area contributed by atoms with E-state index >= 15 is 0 Å². The van der Waals surface area contributed by atoms with Gasteiger partial charge in [-0.15, -0.1) is 0 Å². The van der Waals surface area contributed by atoms with Gasteiger partial charge in [0.2, 0.25) is 15.2 Å². The first-order valence-electron chi connectivity index (χ1n) is 12.8. The highest BCUT2D eigenvalue weighted by atomic mass is 32.2. The van der Waals surface area contributed by atoms with Crippen LogP contribution in [0, 0.1) is 6.92 Å². The fourth-order valence-electron chi connectivity index (χ4n) is 4.25. The van der Waals surface area contributed by atoms with Crippen LogP contribution in [0.4, 0.5) is 5.13 Å². The molecule has 7 nitrogen and oxygen atoms in total. The second kappa shape index (κ2) is 12.7. The molecule has 1 aliphatic heterocycles. The van der Waals surface area contributed by atoms with Gasteiger partial charge in [-0.1, -0.05) is 56.0 Å². The highest BCUT2D eigenvalue weighted by Crippen LogP contribution is 2.24. The Balaban J connectivity index is 1.29. The Labute approximate surface area is 219 Å². The number of unbranched alkanes of at least 4 members (excludes halogenated alkanes) is 3. The zero-order valence-corrected chi connectivity index (χ0v) is 22.9. The molecular weight excluding hydrogens is 492 g/mol. The smallest absolute Gasteiger partial charge is 0.214 e. The number of rotatable bonds is 11. The van der Waals surface area contributed by atoms with Crippen molar-refractivity contribution in [1.82, 2.24) is 13.7 Å². The van der Waals surface area contributed by atoms with E-state index in [2.05, 4.69) is 23.1 Å². The molecule has 0 N–H and O–H groups in total. The molecule has 2 aromatic carbocycles.